The van der Waals surface area contributed by atoms with Gasteiger partial charge in [0.2, 0.25) is 0 Å². The first-order valence-electron chi connectivity index (χ1n) is 6.85. The van der Waals surface area contributed by atoms with Crippen molar-refractivity contribution in [3.8, 4) is 0 Å². The molecule has 1 aromatic heterocycles. The number of aryl methyl sites for hydroxylation is 1. The van der Waals surface area contributed by atoms with E-state index in [2.05, 4.69) is 26.8 Å². The van der Waals surface area contributed by atoms with Crippen LogP contribution in [0.1, 0.15) is 19.2 Å². The molecule has 0 atom stereocenters. The lowest BCUT2D eigenvalue weighted by Gasteiger charge is -2.34. The molecule has 0 amide bonds. The molecule has 1 aliphatic rings. The van der Waals surface area contributed by atoms with E-state index < -0.39 is 0 Å². The molecular weight excluding hydrogens is 228 g/mol. The number of hydrogen-bond donors (Lipinski definition) is 1. The standard InChI is InChI=1S/C12H24N6/c1-2-18-12(14-11-15-18)10-17-8-6-16(7-9-17)5-3-4-13/h11H,2-10,13H2,1H3. The zero-order valence-electron chi connectivity index (χ0n) is 11.3. The molecule has 0 saturated carbocycles. The molecule has 6 heteroatoms. The van der Waals surface area contributed by atoms with Crippen LogP contribution in [0.4, 0.5) is 0 Å². The van der Waals surface area contributed by atoms with Crippen molar-refractivity contribution in [2.45, 2.75) is 26.4 Å². The summed E-state index contributed by atoms with van der Waals surface area (Å²) in [5, 5.41) is 4.21. The van der Waals surface area contributed by atoms with Crippen LogP contribution in [0.15, 0.2) is 6.33 Å². The van der Waals surface area contributed by atoms with Crippen molar-refractivity contribution in [1.82, 2.24) is 24.6 Å². The highest BCUT2D eigenvalue weighted by atomic mass is 15.4. The van der Waals surface area contributed by atoms with Crippen molar-refractivity contribution >= 4 is 0 Å². The number of hydrogen-bond acceptors (Lipinski definition) is 5. The fourth-order valence-corrected chi connectivity index (χ4v) is 2.36. The van der Waals surface area contributed by atoms with Gasteiger partial charge in [-0.2, -0.15) is 5.10 Å². The van der Waals surface area contributed by atoms with Crippen LogP contribution < -0.4 is 5.73 Å². The minimum Gasteiger partial charge on any atom is -0.330 e. The maximum absolute atomic E-state index is 5.54. The smallest absolute Gasteiger partial charge is 0.140 e. The number of piperazine rings is 1. The average molecular weight is 252 g/mol. The summed E-state index contributed by atoms with van der Waals surface area (Å²) in [5.41, 5.74) is 5.54. The Bertz CT molecular complexity index is 342. The predicted molar refractivity (Wildman–Crippen MR) is 71.1 cm³/mol. The molecule has 6 nitrogen and oxygen atoms in total. The summed E-state index contributed by atoms with van der Waals surface area (Å²) in [4.78, 5) is 9.28. The Labute approximate surface area is 109 Å². The molecule has 0 spiro atoms. The van der Waals surface area contributed by atoms with Gasteiger partial charge in [0.25, 0.3) is 0 Å². The van der Waals surface area contributed by atoms with Crippen LogP contribution in [0.5, 0.6) is 0 Å². The number of nitrogens with zero attached hydrogens (tertiary/aromatic N) is 5. The largest absolute Gasteiger partial charge is 0.330 e. The maximum Gasteiger partial charge on any atom is 0.140 e. The Morgan fingerprint density at radius 2 is 1.94 bits per heavy atom. The highest BCUT2D eigenvalue weighted by molar-refractivity contribution is 4.86. The second-order valence-corrected chi connectivity index (χ2v) is 4.75. The molecular formula is C12H24N6. The lowest BCUT2D eigenvalue weighted by Crippen LogP contribution is -2.46. The molecule has 1 fully saturated rings. The molecule has 0 aliphatic carbocycles. The molecule has 0 bridgehead atoms. The fourth-order valence-electron chi connectivity index (χ4n) is 2.36. The monoisotopic (exact) mass is 252 g/mol. The number of rotatable bonds is 6. The predicted octanol–water partition coefficient (Wildman–Crippen LogP) is -0.236. The summed E-state index contributed by atoms with van der Waals surface area (Å²) in [6.07, 6.45) is 2.75. The molecule has 2 rings (SSSR count). The molecule has 0 unspecified atom stereocenters. The third kappa shape index (κ3) is 3.51. The lowest BCUT2D eigenvalue weighted by molar-refractivity contribution is 0.123. The van der Waals surface area contributed by atoms with Crippen molar-refractivity contribution in [2.75, 3.05) is 39.3 Å². The van der Waals surface area contributed by atoms with Gasteiger partial charge < -0.3 is 10.6 Å². The van der Waals surface area contributed by atoms with Gasteiger partial charge in [-0.1, -0.05) is 0 Å². The SMILES string of the molecule is CCn1ncnc1CN1CCN(CCCN)CC1. The van der Waals surface area contributed by atoms with Gasteiger partial charge in [0.05, 0.1) is 6.54 Å². The van der Waals surface area contributed by atoms with Crippen molar-refractivity contribution in [2.24, 2.45) is 5.73 Å². The molecule has 0 radical (unpaired) electrons. The van der Waals surface area contributed by atoms with E-state index in [0.717, 1.165) is 64.6 Å². The maximum atomic E-state index is 5.54. The van der Waals surface area contributed by atoms with Crippen LogP contribution in [0.25, 0.3) is 0 Å². The van der Waals surface area contributed by atoms with Crippen LogP contribution in [0.3, 0.4) is 0 Å². The van der Waals surface area contributed by atoms with E-state index >= 15 is 0 Å². The van der Waals surface area contributed by atoms with Crippen molar-refractivity contribution in [3.05, 3.63) is 12.2 Å². The first-order chi connectivity index (χ1) is 8.83. The van der Waals surface area contributed by atoms with Crippen molar-refractivity contribution in [3.63, 3.8) is 0 Å². The van der Waals surface area contributed by atoms with Gasteiger partial charge in [0.15, 0.2) is 0 Å². The Morgan fingerprint density at radius 3 is 2.61 bits per heavy atom. The van der Waals surface area contributed by atoms with Crippen LogP contribution in [0, 0.1) is 0 Å². The van der Waals surface area contributed by atoms with E-state index in [1.54, 1.807) is 6.33 Å². The molecule has 2 heterocycles. The summed E-state index contributed by atoms with van der Waals surface area (Å²) < 4.78 is 1.97. The van der Waals surface area contributed by atoms with E-state index in [1.807, 2.05) is 4.68 Å². The Kier molecular flexibility index (Phi) is 5.10. The number of nitrogens with two attached hydrogens (primary N) is 1. The van der Waals surface area contributed by atoms with Crippen LogP contribution >= 0.6 is 0 Å². The van der Waals surface area contributed by atoms with Crippen LogP contribution in [0.2, 0.25) is 0 Å². The van der Waals surface area contributed by atoms with Crippen molar-refractivity contribution < 1.29 is 0 Å². The van der Waals surface area contributed by atoms with Crippen LogP contribution in [-0.2, 0) is 13.1 Å². The molecule has 102 valence electrons. The molecule has 2 N–H and O–H groups in total. The number of aromatic nitrogens is 3. The first kappa shape index (κ1) is 13.5. The van der Waals surface area contributed by atoms with E-state index in [4.69, 9.17) is 5.73 Å². The minimum atomic E-state index is 0.791. The van der Waals surface area contributed by atoms with Gasteiger partial charge in [-0.05, 0) is 26.4 Å². The Morgan fingerprint density at radius 1 is 1.22 bits per heavy atom. The van der Waals surface area contributed by atoms with Crippen LogP contribution in [-0.4, -0.2) is 63.8 Å². The first-order valence-corrected chi connectivity index (χ1v) is 6.85. The molecule has 1 aliphatic heterocycles. The molecule has 18 heavy (non-hydrogen) atoms. The topological polar surface area (TPSA) is 63.2 Å². The van der Waals surface area contributed by atoms with Crippen molar-refractivity contribution in [1.29, 1.82) is 0 Å². The van der Waals surface area contributed by atoms with Gasteiger partial charge in [-0.25, -0.2) is 9.67 Å². The molecule has 1 saturated heterocycles. The van der Waals surface area contributed by atoms with Gasteiger partial charge in [-0.3, -0.25) is 4.90 Å². The van der Waals surface area contributed by atoms with Gasteiger partial charge in [0, 0.05) is 32.7 Å². The van der Waals surface area contributed by atoms with E-state index in [-0.39, 0.29) is 0 Å². The third-order valence-corrected chi connectivity index (χ3v) is 3.50. The quantitative estimate of drug-likeness (QED) is 0.757. The van der Waals surface area contributed by atoms with Gasteiger partial charge >= 0.3 is 0 Å². The Balaban J connectivity index is 1.76. The van der Waals surface area contributed by atoms with E-state index in [1.165, 1.54) is 0 Å². The van der Waals surface area contributed by atoms with Gasteiger partial charge in [-0.15, -0.1) is 0 Å². The lowest BCUT2D eigenvalue weighted by atomic mass is 10.3. The van der Waals surface area contributed by atoms with E-state index in [0.29, 0.717) is 0 Å². The zero-order valence-corrected chi connectivity index (χ0v) is 11.3. The second kappa shape index (κ2) is 6.82. The normalized spacial score (nSPS) is 18.3. The second-order valence-electron chi connectivity index (χ2n) is 4.75. The summed E-state index contributed by atoms with van der Waals surface area (Å²) in [6.45, 7) is 10.3. The summed E-state index contributed by atoms with van der Waals surface area (Å²) >= 11 is 0. The highest BCUT2D eigenvalue weighted by Gasteiger charge is 2.17. The average Bonchev–Trinajstić information content (AvgIpc) is 2.85. The third-order valence-electron chi connectivity index (χ3n) is 3.50. The summed E-state index contributed by atoms with van der Waals surface area (Å²) in [6, 6.07) is 0. The zero-order chi connectivity index (χ0) is 12.8. The summed E-state index contributed by atoms with van der Waals surface area (Å²) in [5.74, 6) is 1.08. The minimum absolute atomic E-state index is 0.791. The summed E-state index contributed by atoms with van der Waals surface area (Å²) in [7, 11) is 0. The van der Waals surface area contributed by atoms with E-state index in [9.17, 15) is 0 Å². The van der Waals surface area contributed by atoms with Gasteiger partial charge in [0.1, 0.15) is 12.2 Å². The highest BCUT2D eigenvalue weighted by Crippen LogP contribution is 2.06. The molecule has 1 aromatic rings. The fraction of sp³-hybridized carbons (Fsp3) is 0.833. The molecule has 0 aromatic carbocycles. The Hall–Kier alpha value is -0.980.